The van der Waals surface area contributed by atoms with Crippen LogP contribution in [0.15, 0.2) is 30.3 Å². The lowest BCUT2D eigenvalue weighted by molar-refractivity contribution is -0.139. The van der Waals surface area contributed by atoms with Crippen LogP contribution in [0.1, 0.15) is 56.9 Å². The van der Waals surface area contributed by atoms with Gasteiger partial charge in [0.15, 0.2) is 0 Å². The van der Waals surface area contributed by atoms with Crippen LogP contribution in [0.2, 0.25) is 0 Å². The molecule has 4 heteroatoms. The normalized spacial score (nSPS) is 10.0. The number of rotatable bonds is 12. The molecule has 0 bridgehead atoms. The summed E-state index contributed by atoms with van der Waals surface area (Å²) < 4.78 is 4.84. The molecule has 0 spiro atoms. The Hall–Kier alpha value is -1.93. The summed E-state index contributed by atoms with van der Waals surface area (Å²) in [6.45, 7) is 0.405. The number of unbranched alkanes of at least 4 members (excludes halogenated alkanes) is 7. The number of aryl methyl sites for hydroxylation is 1. The minimum absolute atomic E-state index is 0.405. The van der Waals surface area contributed by atoms with Crippen LogP contribution in [-0.4, -0.2) is 23.6 Å². The Morgan fingerprint density at radius 1 is 0.955 bits per heavy atom. The van der Waals surface area contributed by atoms with Crippen molar-refractivity contribution in [2.24, 2.45) is 0 Å². The van der Waals surface area contributed by atoms with Crippen molar-refractivity contribution in [3.63, 3.8) is 0 Å². The Kier molecular flexibility index (Phi) is 10.5. The number of carbonyl (C=O) groups is 1. The molecule has 0 saturated heterocycles. The summed E-state index contributed by atoms with van der Waals surface area (Å²) in [5.74, 6) is -0.582. The van der Waals surface area contributed by atoms with E-state index in [1.807, 2.05) is 0 Å². The van der Waals surface area contributed by atoms with Gasteiger partial charge in [0.1, 0.15) is 0 Å². The maximum atomic E-state index is 10.8. The molecule has 0 fully saturated rings. The van der Waals surface area contributed by atoms with Crippen molar-refractivity contribution in [1.82, 2.24) is 0 Å². The van der Waals surface area contributed by atoms with Crippen molar-refractivity contribution < 1.29 is 14.3 Å². The van der Waals surface area contributed by atoms with E-state index in [1.54, 1.807) is 0 Å². The minimum Gasteiger partial charge on any atom is -0.457 e. The quantitative estimate of drug-likeness (QED) is 0.191. The molecule has 1 aromatic rings. The van der Waals surface area contributed by atoms with E-state index in [9.17, 15) is 4.79 Å². The fraction of sp³-hybridized carbons (Fsp3) is 0.556. The molecule has 1 aromatic carbocycles. The molecule has 0 atom stereocenters. The van der Waals surface area contributed by atoms with Gasteiger partial charge in [-0.2, -0.15) is 4.79 Å². The van der Waals surface area contributed by atoms with Crippen LogP contribution in [0.5, 0.6) is 0 Å². The third-order valence-corrected chi connectivity index (χ3v) is 3.61. The molecule has 0 N–H and O–H groups in total. The average molecular weight is 302 g/mol. The molecule has 0 aliphatic carbocycles. The van der Waals surface area contributed by atoms with E-state index >= 15 is 0 Å². The van der Waals surface area contributed by atoms with E-state index in [1.165, 1.54) is 50.5 Å². The predicted octanol–water partition coefficient (Wildman–Crippen LogP) is 4.19. The molecule has 0 radical (unpaired) electrons. The van der Waals surface area contributed by atoms with Gasteiger partial charge in [-0.15, -0.1) is 0 Å². The molecule has 0 aliphatic rings. The zero-order valence-electron chi connectivity index (χ0n) is 13.2. The largest absolute Gasteiger partial charge is 0.457 e. The Labute approximate surface area is 133 Å². The molecule has 0 amide bonds. The Morgan fingerprint density at radius 2 is 1.55 bits per heavy atom. The zero-order chi connectivity index (χ0) is 15.9. The second-order valence-corrected chi connectivity index (χ2v) is 5.48. The fourth-order valence-electron chi connectivity index (χ4n) is 2.39. The van der Waals surface area contributed by atoms with Crippen LogP contribution in [0.25, 0.3) is 5.53 Å². The van der Waals surface area contributed by atoms with Gasteiger partial charge in [-0.25, -0.2) is 4.79 Å². The topological polar surface area (TPSA) is 62.7 Å². The van der Waals surface area contributed by atoms with Crippen LogP contribution in [0.3, 0.4) is 0 Å². The number of benzene rings is 1. The van der Waals surface area contributed by atoms with Gasteiger partial charge in [-0.05, 0) is 24.8 Å². The highest BCUT2D eigenvalue weighted by Crippen LogP contribution is 2.11. The molecule has 22 heavy (non-hydrogen) atoms. The summed E-state index contributed by atoms with van der Waals surface area (Å²) in [6.07, 6.45) is 11.5. The summed E-state index contributed by atoms with van der Waals surface area (Å²) in [7, 11) is 0. The molecular weight excluding hydrogens is 276 g/mol. The molecule has 1 rings (SSSR count). The maximum Gasteiger partial charge on any atom is 0.413 e. The van der Waals surface area contributed by atoms with Crippen LogP contribution in [-0.2, 0) is 16.0 Å². The lowest BCUT2D eigenvalue weighted by Gasteiger charge is -2.03. The van der Waals surface area contributed by atoms with E-state index in [0.717, 1.165) is 19.1 Å². The first-order valence-electron chi connectivity index (χ1n) is 8.21. The third-order valence-electron chi connectivity index (χ3n) is 3.61. The molecule has 4 nitrogen and oxygen atoms in total. The Morgan fingerprint density at radius 3 is 2.18 bits per heavy atom. The molecule has 0 unspecified atom stereocenters. The lowest BCUT2D eigenvalue weighted by atomic mass is 10.0. The first-order chi connectivity index (χ1) is 10.8. The van der Waals surface area contributed by atoms with E-state index in [-0.39, 0.29) is 0 Å². The average Bonchev–Trinajstić information content (AvgIpc) is 2.54. The molecular formula is C18H26N2O2. The molecule has 0 aliphatic heterocycles. The summed E-state index contributed by atoms with van der Waals surface area (Å²) in [6, 6.07) is 10.6. The Bertz CT molecular complexity index is 453. The van der Waals surface area contributed by atoms with Crippen molar-refractivity contribution in [2.75, 3.05) is 6.61 Å². The summed E-state index contributed by atoms with van der Waals surface area (Å²) in [5.41, 5.74) is 9.56. The van der Waals surface area contributed by atoms with Gasteiger partial charge >= 0.3 is 12.2 Å². The van der Waals surface area contributed by atoms with Gasteiger partial charge in [0.2, 0.25) is 0 Å². The summed E-state index contributed by atoms with van der Waals surface area (Å²) in [4.78, 5) is 13.5. The smallest absolute Gasteiger partial charge is 0.413 e. The highest BCUT2D eigenvalue weighted by Gasteiger charge is 2.01. The Balaban J connectivity index is 1.82. The van der Waals surface area contributed by atoms with Crippen LogP contribution in [0, 0.1) is 0 Å². The van der Waals surface area contributed by atoms with Gasteiger partial charge in [-0.1, -0.05) is 68.9 Å². The second kappa shape index (κ2) is 12.8. The van der Waals surface area contributed by atoms with Gasteiger partial charge in [-0.3, -0.25) is 0 Å². The monoisotopic (exact) mass is 302 g/mol. The second-order valence-electron chi connectivity index (χ2n) is 5.48. The fourth-order valence-corrected chi connectivity index (χ4v) is 2.39. The van der Waals surface area contributed by atoms with Crippen molar-refractivity contribution in [2.45, 2.75) is 57.8 Å². The van der Waals surface area contributed by atoms with Crippen molar-refractivity contribution in [1.29, 1.82) is 0 Å². The molecule has 120 valence electrons. The number of nitrogens with zero attached hydrogens (tertiary/aromatic N) is 2. The van der Waals surface area contributed by atoms with Crippen LogP contribution >= 0.6 is 0 Å². The predicted molar refractivity (Wildman–Crippen MR) is 87.7 cm³/mol. The number of ether oxygens (including phenoxy) is 1. The van der Waals surface area contributed by atoms with Crippen molar-refractivity contribution in [3.05, 3.63) is 41.4 Å². The summed E-state index contributed by atoms with van der Waals surface area (Å²) >= 11 is 0. The van der Waals surface area contributed by atoms with E-state index < -0.39 is 5.97 Å². The SMILES string of the molecule is [N-]=[N+]=CC(=O)OCCCCCCCCCCc1ccccc1. The van der Waals surface area contributed by atoms with Gasteiger partial charge in [0.05, 0.1) is 6.61 Å². The van der Waals surface area contributed by atoms with E-state index in [4.69, 9.17) is 10.3 Å². The van der Waals surface area contributed by atoms with E-state index in [0.29, 0.717) is 6.61 Å². The zero-order valence-corrected chi connectivity index (χ0v) is 13.2. The van der Waals surface area contributed by atoms with Gasteiger partial charge < -0.3 is 10.3 Å². The lowest BCUT2D eigenvalue weighted by Crippen LogP contribution is -2.07. The standard InChI is InChI=1S/C18H26N2O2/c19-20-16-18(21)22-15-11-6-4-2-1-3-5-8-12-17-13-9-7-10-14-17/h7,9-10,13-14,16H,1-6,8,11-12,15H2. The summed E-state index contributed by atoms with van der Waals surface area (Å²) in [5, 5.41) is 0. The number of hydrogen-bond acceptors (Lipinski definition) is 2. The molecule has 0 saturated carbocycles. The van der Waals surface area contributed by atoms with E-state index in [2.05, 4.69) is 35.1 Å². The van der Waals surface area contributed by atoms with Crippen molar-refractivity contribution >= 4 is 12.2 Å². The number of carbonyl (C=O) groups excluding carboxylic acids is 1. The molecule has 0 heterocycles. The van der Waals surface area contributed by atoms with Gasteiger partial charge in [0.25, 0.3) is 0 Å². The van der Waals surface area contributed by atoms with Crippen molar-refractivity contribution in [3.8, 4) is 0 Å². The number of hydrogen-bond donors (Lipinski definition) is 0. The highest BCUT2D eigenvalue weighted by atomic mass is 16.5. The van der Waals surface area contributed by atoms with Crippen LogP contribution < -0.4 is 0 Å². The first kappa shape index (κ1) is 18.1. The molecule has 0 aromatic heterocycles. The minimum atomic E-state index is -0.582. The first-order valence-corrected chi connectivity index (χ1v) is 8.21. The maximum absolute atomic E-state index is 10.8. The van der Waals surface area contributed by atoms with Crippen LogP contribution in [0.4, 0.5) is 0 Å². The van der Waals surface area contributed by atoms with Gasteiger partial charge in [0, 0.05) is 0 Å². The third kappa shape index (κ3) is 9.89. The highest BCUT2D eigenvalue weighted by molar-refractivity contribution is 6.20. The number of esters is 1.